The van der Waals surface area contributed by atoms with E-state index in [9.17, 15) is 24.6 Å². The fourth-order valence-electron chi connectivity index (χ4n) is 4.76. The topological polar surface area (TPSA) is 125 Å². The molecular weight excluding hydrogens is 657 g/mol. The molecule has 0 radical (unpaired) electrons. The van der Waals surface area contributed by atoms with Crippen molar-refractivity contribution in [3.8, 4) is 0 Å². The van der Waals surface area contributed by atoms with Crippen LogP contribution in [0.15, 0.2) is 72.9 Å². The quantitative estimate of drug-likeness (QED) is 0.0267. The Morgan fingerprint density at radius 2 is 1.35 bits per heavy atom. The van der Waals surface area contributed by atoms with Crippen LogP contribution in [-0.2, 0) is 19.1 Å². The summed E-state index contributed by atoms with van der Waals surface area (Å²) < 4.78 is 5.18. The van der Waals surface area contributed by atoms with Crippen LogP contribution in [0.25, 0.3) is 0 Å². The molecule has 8 nitrogen and oxygen atoms in total. The lowest BCUT2D eigenvalue weighted by Crippen LogP contribution is -2.44. The van der Waals surface area contributed by atoms with Gasteiger partial charge in [0.25, 0.3) is 0 Å². The third-order valence-electron chi connectivity index (χ3n) is 7.59. The number of amides is 2. The molecule has 0 aromatic rings. The van der Waals surface area contributed by atoms with Gasteiger partial charge in [-0.15, -0.1) is 0 Å². The van der Waals surface area contributed by atoms with E-state index in [4.69, 9.17) is 4.74 Å². The number of nitrogens with one attached hydrogen (secondary N) is 2. The minimum atomic E-state index is -1.02. The van der Waals surface area contributed by atoms with Crippen molar-refractivity contribution < 1.29 is 29.3 Å². The van der Waals surface area contributed by atoms with Gasteiger partial charge in [-0.1, -0.05) is 108 Å². The van der Waals surface area contributed by atoms with Crippen LogP contribution in [0.5, 0.6) is 0 Å². The monoisotopic (exact) mass is 718 g/mol. The summed E-state index contributed by atoms with van der Waals surface area (Å²) in [5, 5.41) is 24.9. The number of rotatable bonds is 29. The van der Waals surface area contributed by atoms with Gasteiger partial charge in [0.2, 0.25) is 11.8 Å². The van der Waals surface area contributed by atoms with Crippen molar-refractivity contribution in [2.24, 2.45) is 0 Å². The first-order chi connectivity index (χ1) is 24.0. The largest absolute Gasteiger partial charge is 0.456 e. The molecule has 276 valence electrons. The van der Waals surface area contributed by atoms with Gasteiger partial charge in [-0.3, -0.25) is 9.59 Å². The fraction of sp³-hybridized carbons (Fsp3) is 0.615. The predicted molar refractivity (Wildman–Crippen MR) is 207 cm³/mol. The van der Waals surface area contributed by atoms with E-state index in [1.54, 1.807) is 0 Å². The fourth-order valence-corrected chi connectivity index (χ4v) is 7.79. The van der Waals surface area contributed by atoms with Gasteiger partial charge in [0, 0.05) is 30.4 Å². The zero-order chi connectivity index (χ0) is 35.6. The molecule has 10 heteroatoms. The summed E-state index contributed by atoms with van der Waals surface area (Å²) in [5.74, 6) is 0.298. The van der Waals surface area contributed by atoms with Crippen molar-refractivity contribution in [1.82, 2.24) is 10.6 Å². The van der Waals surface area contributed by atoms with Crippen LogP contribution in [0.3, 0.4) is 0 Å². The third-order valence-corrected chi connectivity index (χ3v) is 10.6. The van der Waals surface area contributed by atoms with Gasteiger partial charge >= 0.3 is 5.97 Å². The molecule has 1 rings (SSSR count). The van der Waals surface area contributed by atoms with Crippen LogP contribution in [0.2, 0.25) is 0 Å². The molecule has 0 saturated carbocycles. The Kier molecular flexibility index (Phi) is 29.7. The Morgan fingerprint density at radius 1 is 0.755 bits per heavy atom. The van der Waals surface area contributed by atoms with E-state index in [0.29, 0.717) is 50.3 Å². The molecule has 2 amide bonds. The molecule has 0 aromatic carbocycles. The number of aliphatic hydroxyl groups is 2. The van der Waals surface area contributed by atoms with Crippen LogP contribution in [-0.4, -0.2) is 70.9 Å². The summed E-state index contributed by atoms with van der Waals surface area (Å²) in [6.45, 7) is 1.63. The molecule has 1 aliphatic rings. The Balaban J connectivity index is 2.18. The highest BCUT2D eigenvalue weighted by Gasteiger charge is 2.25. The normalized spacial score (nSPS) is 16.0. The molecule has 1 saturated heterocycles. The average Bonchev–Trinajstić information content (AvgIpc) is 3.63. The maximum atomic E-state index is 12.7. The van der Waals surface area contributed by atoms with Crippen LogP contribution in [0.4, 0.5) is 0 Å². The number of ether oxygens (including phenoxy) is 1. The number of unbranched alkanes of at least 4 members (excludes halogenated alkanes) is 2. The minimum absolute atomic E-state index is 0.0212. The lowest BCUT2D eigenvalue weighted by atomic mass is 10.1. The van der Waals surface area contributed by atoms with Gasteiger partial charge in [0.15, 0.2) is 0 Å². The second-order valence-corrected chi connectivity index (χ2v) is 14.7. The first-order valence-corrected chi connectivity index (χ1v) is 20.5. The van der Waals surface area contributed by atoms with E-state index in [1.807, 2.05) is 27.7 Å². The van der Waals surface area contributed by atoms with E-state index >= 15 is 0 Å². The Labute approximate surface area is 303 Å². The summed E-state index contributed by atoms with van der Waals surface area (Å²) >= 11 is 0. The number of esters is 1. The van der Waals surface area contributed by atoms with Crippen LogP contribution >= 0.6 is 21.6 Å². The smallest absolute Gasteiger partial charge is 0.329 e. The highest BCUT2D eigenvalue weighted by Crippen LogP contribution is 2.39. The standard InChI is InChI=1S/C39H62N2O6S2/c1-2-3-4-5-6-7-8-9-10-11-12-13-14-15-16-17-18-19-20-27-37(44)40-30-24-23-26-36(39(46)47-34(32-42)33-43)41-38(45)28-22-21-25-35-29-31-48-49-35/h3-4,6-7,9-10,12-13,15-16,18-19,34-36,42-43H,2,5,8,11,14,17,20-33H2,1H3,(H,40,44)(H,41,45)/b4-3-,7-6-,10-9-,13-12-,16-15-,19-18-/t35-,36+/m1/s1. The van der Waals surface area contributed by atoms with Gasteiger partial charge in [0.05, 0.1) is 13.2 Å². The first kappa shape index (κ1) is 44.5. The number of carbonyl (C=O) groups is 3. The Hall–Kier alpha value is -2.53. The molecule has 0 aromatic heterocycles. The number of carbonyl (C=O) groups excluding carboxylic acids is 3. The van der Waals surface area contributed by atoms with Crippen LogP contribution in [0, 0.1) is 0 Å². The highest BCUT2D eigenvalue weighted by atomic mass is 33.1. The van der Waals surface area contributed by atoms with Gasteiger partial charge in [-0.25, -0.2) is 4.79 Å². The molecule has 1 fully saturated rings. The van der Waals surface area contributed by atoms with E-state index in [-0.39, 0.29) is 11.8 Å². The van der Waals surface area contributed by atoms with Gasteiger partial charge in [-0.2, -0.15) is 0 Å². The summed E-state index contributed by atoms with van der Waals surface area (Å²) in [5.41, 5.74) is 0. The maximum absolute atomic E-state index is 12.7. The van der Waals surface area contributed by atoms with Crippen molar-refractivity contribution in [1.29, 1.82) is 0 Å². The average molecular weight is 719 g/mol. The highest BCUT2D eigenvalue weighted by molar-refractivity contribution is 8.77. The second-order valence-electron chi connectivity index (χ2n) is 11.9. The van der Waals surface area contributed by atoms with Gasteiger partial charge < -0.3 is 25.6 Å². The summed E-state index contributed by atoms with van der Waals surface area (Å²) in [6, 6.07) is -0.862. The zero-order valence-corrected chi connectivity index (χ0v) is 31.3. The molecular formula is C39H62N2O6S2. The van der Waals surface area contributed by atoms with E-state index in [1.165, 1.54) is 12.2 Å². The van der Waals surface area contributed by atoms with E-state index < -0.39 is 31.3 Å². The van der Waals surface area contributed by atoms with Gasteiger partial charge in [-0.05, 0) is 83.5 Å². The molecule has 0 unspecified atom stereocenters. The molecule has 1 aliphatic heterocycles. The van der Waals surface area contributed by atoms with Crippen LogP contribution < -0.4 is 10.6 Å². The summed E-state index contributed by atoms with van der Waals surface area (Å²) in [6.07, 6.45) is 37.7. The maximum Gasteiger partial charge on any atom is 0.329 e. The second kappa shape index (κ2) is 32.7. The summed E-state index contributed by atoms with van der Waals surface area (Å²) in [4.78, 5) is 37.5. The number of hydrogen-bond acceptors (Lipinski definition) is 8. The lowest BCUT2D eigenvalue weighted by Gasteiger charge is -2.21. The van der Waals surface area contributed by atoms with Crippen molar-refractivity contribution in [2.75, 3.05) is 25.5 Å². The lowest BCUT2D eigenvalue weighted by molar-refractivity contribution is -0.157. The predicted octanol–water partition coefficient (Wildman–Crippen LogP) is 7.85. The van der Waals surface area contributed by atoms with E-state index in [0.717, 1.165) is 57.8 Å². The zero-order valence-electron chi connectivity index (χ0n) is 29.6. The third kappa shape index (κ3) is 26.9. The van der Waals surface area contributed by atoms with Gasteiger partial charge in [0.1, 0.15) is 12.1 Å². The summed E-state index contributed by atoms with van der Waals surface area (Å²) in [7, 11) is 3.84. The minimum Gasteiger partial charge on any atom is -0.456 e. The SMILES string of the molecule is CC/C=C\C/C=C\C/C=C\C/C=C\C/C=C\C/C=C\CCC(=O)NCCCC[C@H](NC(=O)CCCC[C@@H]1CCSS1)C(=O)OC(CO)CO. The number of hydrogen-bond donors (Lipinski definition) is 4. The Bertz CT molecular complexity index is 1050. The Morgan fingerprint density at radius 3 is 1.90 bits per heavy atom. The molecule has 1 heterocycles. The molecule has 0 aliphatic carbocycles. The number of allylic oxidation sites excluding steroid dienone is 12. The molecule has 0 spiro atoms. The molecule has 4 N–H and O–H groups in total. The first-order valence-electron chi connectivity index (χ1n) is 18.2. The number of aliphatic hydroxyl groups excluding tert-OH is 2. The molecule has 2 atom stereocenters. The molecule has 49 heavy (non-hydrogen) atoms. The van der Waals surface area contributed by atoms with E-state index in [2.05, 4.69) is 84.4 Å². The van der Waals surface area contributed by atoms with Crippen molar-refractivity contribution in [3.63, 3.8) is 0 Å². The van der Waals surface area contributed by atoms with Crippen molar-refractivity contribution in [3.05, 3.63) is 72.9 Å². The molecule has 0 bridgehead atoms. The van der Waals surface area contributed by atoms with Crippen LogP contribution in [0.1, 0.15) is 110 Å². The van der Waals surface area contributed by atoms with Crippen molar-refractivity contribution in [2.45, 2.75) is 127 Å². The van der Waals surface area contributed by atoms with Crippen molar-refractivity contribution >= 4 is 39.4 Å².